The van der Waals surface area contributed by atoms with E-state index >= 15 is 0 Å². The summed E-state index contributed by atoms with van der Waals surface area (Å²) in [5, 5.41) is 3.07. The third-order valence-electron chi connectivity index (χ3n) is 3.53. The van der Waals surface area contributed by atoms with Gasteiger partial charge in [0, 0.05) is 38.1 Å². The van der Waals surface area contributed by atoms with Gasteiger partial charge >= 0.3 is 0 Å². The zero-order valence-electron chi connectivity index (χ0n) is 11.7. The highest BCUT2D eigenvalue weighted by Crippen LogP contribution is 2.19. The number of likely N-dealkylation sites (N-methyl/N-ethyl adjacent to an activating group) is 1. The van der Waals surface area contributed by atoms with Crippen LogP contribution in [0.2, 0.25) is 0 Å². The zero-order chi connectivity index (χ0) is 14.4. The average Bonchev–Trinajstić information content (AvgIpc) is 2.47. The first kappa shape index (κ1) is 15.4. The predicted octanol–water partition coefficient (Wildman–Crippen LogP) is 0.490. The third kappa shape index (κ3) is 3.99. The molecule has 112 valence electrons. The summed E-state index contributed by atoms with van der Waals surface area (Å²) >= 11 is 0. The minimum Gasteiger partial charge on any atom is -0.318 e. The second-order valence-electron chi connectivity index (χ2n) is 5.00. The van der Waals surface area contributed by atoms with E-state index in [1.54, 1.807) is 16.7 Å². The number of nitrogens with one attached hydrogen (secondary N) is 2. The van der Waals surface area contributed by atoms with Gasteiger partial charge in [-0.1, -0.05) is 6.42 Å². The molecule has 0 bridgehead atoms. The molecule has 0 saturated carbocycles. The second-order valence-corrected chi connectivity index (χ2v) is 6.71. The summed E-state index contributed by atoms with van der Waals surface area (Å²) in [5.41, 5.74) is 0.908. The lowest BCUT2D eigenvalue weighted by atomic mass is 10.1. The van der Waals surface area contributed by atoms with Crippen LogP contribution >= 0.6 is 0 Å². The van der Waals surface area contributed by atoms with Crippen LogP contribution in [0.4, 0.5) is 0 Å². The summed E-state index contributed by atoms with van der Waals surface area (Å²) in [5.74, 6) is 0. The molecule has 7 heteroatoms. The van der Waals surface area contributed by atoms with Crippen LogP contribution in [0.15, 0.2) is 24.5 Å². The maximum atomic E-state index is 12.4. The van der Waals surface area contributed by atoms with Crippen molar-refractivity contribution in [3.63, 3.8) is 0 Å². The van der Waals surface area contributed by atoms with Crippen LogP contribution in [0.1, 0.15) is 24.8 Å². The molecular formula is C13H22N4O2S. The number of rotatable bonds is 6. The van der Waals surface area contributed by atoms with Gasteiger partial charge in [0.25, 0.3) is 10.2 Å². The maximum absolute atomic E-state index is 12.4. The summed E-state index contributed by atoms with van der Waals surface area (Å²) < 4.78 is 29.1. The summed E-state index contributed by atoms with van der Waals surface area (Å²) in [6, 6.07) is 3.66. The van der Waals surface area contributed by atoms with Crippen molar-refractivity contribution in [2.24, 2.45) is 0 Å². The van der Waals surface area contributed by atoms with Crippen LogP contribution in [0, 0.1) is 0 Å². The molecule has 1 aliphatic rings. The Morgan fingerprint density at radius 1 is 1.35 bits per heavy atom. The molecule has 1 aliphatic heterocycles. The molecule has 1 fully saturated rings. The van der Waals surface area contributed by atoms with Crippen LogP contribution in [0.5, 0.6) is 0 Å². The Bertz CT molecular complexity index is 504. The minimum absolute atomic E-state index is 0.0451. The number of pyridine rings is 1. The Hall–Kier alpha value is -1.02. The number of nitrogens with zero attached hydrogens (tertiary/aromatic N) is 2. The second kappa shape index (κ2) is 7.12. The lowest BCUT2D eigenvalue weighted by molar-refractivity contribution is 0.246. The zero-order valence-corrected chi connectivity index (χ0v) is 12.6. The van der Waals surface area contributed by atoms with Gasteiger partial charge in [-0.3, -0.25) is 4.98 Å². The smallest absolute Gasteiger partial charge is 0.280 e. The lowest BCUT2D eigenvalue weighted by Gasteiger charge is -2.34. The molecule has 0 spiro atoms. The first-order valence-corrected chi connectivity index (χ1v) is 8.37. The molecule has 1 aromatic heterocycles. The van der Waals surface area contributed by atoms with Gasteiger partial charge in [-0.2, -0.15) is 17.4 Å². The maximum Gasteiger partial charge on any atom is 0.280 e. The highest BCUT2D eigenvalue weighted by Gasteiger charge is 2.31. The molecule has 0 radical (unpaired) electrons. The third-order valence-corrected chi connectivity index (χ3v) is 5.14. The quantitative estimate of drug-likeness (QED) is 0.801. The van der Waals surface area contributed by atoms with E-state index in [0.29, 0.717) is 19.6 Å². The van der Waals surface area contributed by atoms with Crippen LogP contribution in [-0.4, -0.2) is 43.9 Å². The fourth-order valence-electron chi connectivity index (χ4n) is 2.49. The van der Waals surface area contributed by atoms with Gasteiger partial charge in [-0.15, -0.1) is 0 Å². The largest absolute Gasteiger partial charge is 0.318 e. The Labute approximate surface area is 120 Å². The van der Waals surface area contributed by atoms with Crippen molar-refractivity contribution >= 4 is 10.2 Å². The number of hydrogen-bond acceptors (Lipinski definition) is 4. The molecule has 6 nitrogen and oxygen atoms in total. The van der Waals surface area contributed by atoms with Crippen molar-refractivity contribution in [1.82, 2.24) is 19.3 Å². The fourth-order valence-corrected chi connectivity index (χ4v) is 3.94. The number of hydrogen-bond donors (Lipinski definition) is 2. The van der Waals surface area contributed by atoms with E-state index in [-0.39, 0.29) is 6.04 Å². The predicted molar refractivity (Wildman–Crippen MR) is 78.3 cm³/mol. The molecule has 2 heterocycles. The molecule has 1 saturated heterocycles. The van der Waals surface area contributed by atoms with Crippen LogP contribution < -0.4 is 10.0 Å². The Balaban J connectivity index is 2.01. The summed E-state index contributed by atoms with van der Waals surface area (Å²) in [6.07, 6.45) is 6.25. The number of piperidine rings is 1. The van der Waals surface area contributed by atoms with Crippen molar-refractivity contribution in [3.05, 3.63) is 30.1 Å². The molecule has 0 aromatic carbocycles. The fraction of sp³-hybridized carbons (Fsp3) is 0.615. The Morgan fingerprint density at radius 3 is 2.80 bits per heavy atom. The molecule has 2 N–H and O–H groups in total. The number of aromatic nitrogens is 1. The first-order chi connectivity index (χ1) is 9.63. The monoisotopic (exact) mass is 298 g/mol. The van der Waals surface area contributed by atoms with E-state index in [2.05, 4.69) is 15.0 Å². The SMILES string of the molecule is CNCC1CCCCN1S(=O)(=O)NCc1ccncc1. The van der Waals surface area contributed by atoms with Crippen molar-refractivity contribution in [2.45, 2.75) is 31.8 Å². The molecule has 1 atom stereocenters. The lowest BCUT2D eigenvalue weighted by Crippen LogP contribution is -2.51. The van der Waals surface area contributed by atoms with E-state index < -0.39 is 10.2 Å². The van der Waals surface area contributed by atoms with Crippen LogP contribution in [0.25, 0.3) is 0 Å². The van der Waals surface area contributed by atoms with Gasteiger partial charge < -0.3 is 5.32 Å². The molecule has 1 unspecified atom stereocenters. The van der Waals surface area contributed by atoms with Gasteiger partial charge in [0.05, 0.1) is 0 Å². The Morgan fingerprint density at radius 2 is 2.10 bits per heavy atom. The van der Waals surface area contributed by atoms with Crippen LogP contribution in [-0.2, 0) is 16.8 Å². The standard InChI is InChI=1S/C13H22N4O2S/c1-14-11-13-4-2-3-9-17(13)20(18,19)16-10-12-5-7-15-8-6-12/h5-8,13-14,16H,2-4,9-11H2,1H3. The van der Waals surface area contributed by atoms with Crippen molar-refractivity contribution < 1.29 is 8.42 Å². The van der Waals surface area contributed by atoms with Gasteiger partial charge in [0.1, 0.15) is 0 Å². The summed E-state index contributed by atoms with van der Waals surface area (Å²) in [6.45, 7) is 1.59. The highest BCUT2D eigenvalue weighted by molar-refractivity contribution is 7.87. The van der Waals surface area contributed by atoms with Crippen molar-refractivity contribution in [2.75, 3.05) is 20.1 Å². The highest BCUT2D eigenvalue weighted by atomic mass is 32.2. The van der Waals surface area contributed by atoms with Crippen molar-refractivity contribution in [1.29, 1.82) is 0 Å². The molecule has 0 amide bonds. The molecule has 0 aliphatic carbocycles. The van der Waals surface area contributed by atoms with Gasteiger partial charge in [-0.25, -0.2) is 0 Å². The average molecular weight is 298 g/mol. The van der Waals surface area contributed by atoms with E-state index in [1.807, 2.05) is 19.2 Å². The topological polar surface area (TPSA) is 74.3 Å². The van der Waals surface area contributed by atoms with Crippen LogP contribution in [0.3, 0.4) is 0 Å². The first-order valence-electron chi connectivity index (χ1n) is 6.93. The van der Waals surface area contributed by atoms with Gasteiger partial charge in [0.15, 0.2) is 0 Å². The van der Waals surface area contributed by atoms with Gasteiger partial charge in [-0.05, 0) is 37.6 Å². The van der Waals surface area contributed by atoms with E-state index in [1.165, 1.54) is 0 Å². The molecule has 20 heavy (non-hydrogen) atoms. The summed E-state index contributed by atoms with van der Waals surface area (Å²) in [7, 11) is -1.58. The normalized spacial score (nSPS) is 20.9. The van der Waals surface area contributed by atoms with E-state index in [9.17, 15) is 8.42 Å². The molecule has 2 rings (SSSR count). The van der Waals surface area contributed by atoms with E-state index in [4.69, 9.17) is 0 Å². The summed E-state index contributed by atoms with van der Waals surface area (Å²) in [4.78, 5) is 3.92. The van der Waals surface area contributed by atoms with E-state index in [0.717, 1.165) is 24.8 Å². The molecule has 1 aromatic rings. The van der Waals surface area contributed by atoms with Gasteiger partial charge in [0.2, 0.25) is 0 Å². The Kier molecular flexibility index (Phi) is 5.47. The minimum atomic E-state index is -3.43. The van der Waals surface area contributed by atoms with Crippen molar-refractivity contribution in [3.8, 4) is 0 Å². The molecular weight excluding hydrogens is 276 g/mol.